The van der Waals surface area contributed by atoms with Crippen LogP contribution in [-0.4, -0.2) is 36.7 Å². The number of halogens is 1. The van der Waals surface area contributed by atoms with Gasteiger partial charge in [0.2, 0.25) is 5.95 Å². The molecule has 0 amide bonds. The SMILES string of the molecule is CCCCN(Cc1ccc(-c2ccccc2-c2nnnn2C(c2ccccc2)(c2ccccc2)c2ccccc2)cc1)c1nc(C)cc(Cl)n1. The van der Waals surface area contributed by atoms with E-state index in [2.05, 4.69) is 137 Å². The summed E-state index contributed by atoms with van der Waals surface area (Å²) in [6, 6.07) is 50.2. The van der Waals surface area contributed by atoms with Crippen LogP contribution in [0, 0.1) is 6.92 Å². The number of aryl methyl sites for hydroxylation is 1. The fourth-order valence-corrected chi connectivity index (χ4v) is 6.91. The first-order valence-electron chi connectivity index (χ1n) is 17.0. The predicted molar refractivity (Wildman–Crippen MR) is 201 cm³/mol. The van der Waals surface area contributed by atoms with Crippen molar-refractivity contribution in [2.75, 3.05) is 11.4 Å². The Kier molecular flexibility index (Phi) is 9.76. The molecule has 0 aliphatic rings. The molecular weight excluding hydrogens is 638 g/mol. The van der Waals surface area contributed by atoms with Crippen molar-refractivity contribution in [3.05, 3.63) is 179 Å². The lowest BCUT2D eigenvalue weighted by molar-refractivity contribution is 0.451. The maximum Gasteiger partial charge on any atom is 0.227 e. The van der Waals surface area contributed by atoms with Crippen LogP contribution in [0.15, 0.2) is 146 Å². The van der Waals surface area contributed by atoms with Crippen LogP contribution in [0.5, 0.6) is 0 Å². The van der Waals surface area contributed by atoms with E-state index >= 15 is 0 Å². The normalized spacial score (nSPS) is 11.4. The summed E-state index contributed by atoms with van der Waals surface area (Å²) in [5.41, 5.74) is 7.37. The van der Waals surface area contributed by atoms with E-state index in [1.807, 2.05) is 35.9 Å². The Morgan fingerprint density at radius 3 is 1.80 bits per heavy atom. The molecule has 0 unspecified atom stereocenters. The maximum atomic E-state index is 6.33. The van der Waals surface area contributed by atoms with Crippen molar-refractivity contribution in [3.8, 4) is 22.5 Å². The summed E-state index contributed by atoms with van der Waals surface area (Å²) in [4.78, 5) is 11.4. The molecule has 7 nitrogen and oxygen atoms in total. The van der Waals surface area contributed by atoms with E-state index in [4.69, 9.17) is 26.9 Å². The monoisotopic (exact) mass is 675 g/mol. The molecule has 0 saturated heterocycles. The Bertz CT molecular complexity index is 2030. The number of tetrazole rings is 1. The lowest BCUT2D eigenvalue weighted by Crippen LogP contribution is -2.39. The zero-order valence-electron chi connectivity index (χ0n) is 28.2. The molecule has 7 aromatic rings. The van der Waals surface area contributed by atoms with Gasteiger partial charge in [-0.15, -0.1) is 5.10 Å². The summed E-state index contributed by atoms with van der Waals surface area (Å²) in [7, 11) is 0. The molecule has 0 fully saturated rings. The second kappa shape index (κ2) is 14.8. The van der Waals surface area contributed by atoms with Crippen LogP contribution in [0.1, 0.15) is 47.7 Å². The van der Waals surface area contributed by atoms with E-state index in [1.165, 1.54) is 0 Å². The molecule has 7 rings (SSSR count). The first-order chi connectivity index (χ1) is 24.6. The topological polar surface area (TPSA) is 72.6 Å². The zero-order chi connectivity index (χ0) is 34.3. The summed E-state index contributed by atoms with van der Waals surface area (Å²) in [6.07, 6.45) is 2.11. The Balaban J connectivity index is 1.31. The summed E-state index contributed by atoms with van der Waals surface area (Å²) < 4.78 is 1.98. The smallest absolute Gasteiger partial charge is 0.227 e. The summed E-state index contributed by atoms with van der Waals surface area (Å²) in [5.74, 6) is 1.32. The first-order valence-corrected chi connectivity index (χ1v) is 17.4. The van der Waals surface area contributed by atoms with E-state index in [-0.39, 0.29) is 0 Å². The van der Waals surface area contributed by atoms with Gasteiger partial charge in [0.15, 0.2) is 5.82 Å². The molecule has 0 radical (unpaired) electrons. The molecule has 5 aromatic carbocycles. The molecule has 0 bridgehead atoms. The van der Waals surface area contributed by atoms with Gasteiger partial charge in [0.1, 0.15) is 10.7 Å². The van der Waals surface area contributed by atoms with E-state index in [9.17, 15) is 0 Å². The number of nitrogens with zero attached hydrogens (tertiary/aromatic N) is 7. The standard InChI is InChI=1S/C42H38ClN7/c1-3-4-28-49(41-44-31(2)29-39(43)45-41)30-32-24-26-33(27-25-32)37-22-14-15-23-38(37)40-46-47-48-50(40)42(34-16-8-5-9-17-34,35-18-10-6-11-19-35)36-20-12-7-13-21-36/h5-27,29H,3-4,28,30H2,1-2H3. The molecule has 0 N–H and O–H groups in total. The molecular formula is C42H38ClN7. The highest BCUT2D eigenvalue weighted by molar-refractivity contribution is 6.29. The van der Waals surface area contributed by atoms with Gasteiger partial charge in [-0.1, -0.05) is 164 Å². The second-order valence-electron chi connectivity index (χ2n) is 12.4. The van der Waals surface area contributed by atoms with Crippen molar-refractivity contribution in [1.82, 2.24) is 30.2 Å². The highest BCUT2D eigenvalue weighted by atomic mass is 35.5. The molecule has 0 spiro atoms. The molecule has 248 valence electrons. The lowest BCUT2D eigenvalue weighted by atomic mass is 9.77. The van der Waals surface area contributed by atoms with Crippen LogP contribution < -0.4 is 4.90 Å². The van der Waals surface area contributed by atoms with Crippen LogP contribution >= 0.6 is 11.6 Å². The van der Waals surface area contributed by atoms with Crippen molar-refractivity contribution in [2.24, 2.45) is 0 Å². The Morgan fingerprint density at radius 2 is 1.24 bits per heavy atom. The highest BCUT2D eigenvalue weighted by Crippen LogP contribution is 2.43. The van der Waals surface area contributed by atoms with E-state index < -0.39 is 5.54 Å². The minimum absolute atomic E-state index is 0.458. The largest absolute Gasteiger partial charge is 0.336 e. The van der Waals surface area contributed by atoms with Gasteiger partial charge in [0.05, 0.1) is 0 Å². The van der Waals surface area contributed by atoms with Crippen molar-refractivity contribution < 1.29 is 0 Å². The van der Waals surface area contributed by atoms with E-state index in [1.54, 1.807) is 6.07 Å². The van der Waals surface area contributed by atoms with Crippen LogP contribution in [0.2, 0.25) is 5.15 Å². The van der Waals surface area contributed by atoms with Gasteiger partial charge >= 0.3 is 0 Å². The fraction of sp³-hybridized carbons (Fsp3) is 0.167. The number of benzene rings is 5. The molecule has 0 saturated carbocycles. The van der Waals surface area contributed by atoms with E-state index in [0.29, 0.717) is 23.5 Å². The van der Waals surface area contributed by atoms with Gasteiger partial charge in [-0.25, -0.2) is 14.6 Å². The van der Waals surface area contributed by atoms with Gasteiger partial charge in [0.25, 0.3) is 0 Å². The first kappa shape index (κ1) is 32.9. The third-order valence-electron chi connectivity index (χ3n) is 9.04. The van der Waals surface area contributed by atoms with Crippen LogP contribution in [-0.2, 0) is 12.1 Å². The number of unbranched alkanes of at least 4 members (excludes halogenated alkanes) is 1. The summed E-state index contributed by atoms with van der Waals surface area (Å²) >= 11 is 6.33. The number of rotatable bonds is 12. The predicted octanol–water partition coefficient (Wildman–Crippen LogP) is 9.41. The van der Waals surface area contributed by atoms with Crippen molar-refractivity contribution in [1.29, 1.82) is 0 Å². The molecule has 0 atom stereocenters. The van der Waals surface area contributed by atoms with Crippen molar-refractivity contribution in [3.63, 3.8) is 0 Å². The Morgan fingerprint density at radius 1 is 0.680 bits per heavy atom. The van der Waals surface area contributed by atoms with Crippen LogP contribution in [0.25, 0.3) is 22.5 Å². The third kappa shape index (κ3) is 6.52. The van der Waals surface area contributed by atoms with Crippen molar-refractivity contribution >= 4 is 17.5 Å². The second-order valence-corrected chi connectivity index (χ2v) is 12.8. The molecule has 0 aliphatic heterocycles. The van der Waals surface area contributed by atoms with Gasteiger partial charge in [-0.05, 0) is 63.2 Å². The minimum atomic E-state index is -0.845. The molecule has 2 heterocycles. The fourth-order valence-electron chi connectivity index (χ4n) is 6.68. The van der Waals surface area contributed by atoms with Gasteiger partial charge in [-0.3, -0.25) is 0 Å². The van der Waals surface area contributed by atoms with Crippen LogP contribution in [0.3, 0.4) is 0 Å². The summed E-state index contributed by atoms with van der Waals surface area (Å²) in [5, 5.41) is 14.3. The highest BCUT2D eigenvalue weighted by Gasteiger charge is 2.42. The van der Waals surface area contributed by atoms with Gasteiger partial charge < -0.3 is 4.90 Å². The van der Waals surface area contributed by atoms with Crippen molar-refractivity contribution in [2.45, 2.75) is 38.8 Å². The van der Waals surface area contributed by atoms with Gasteiger partial charge in [-0.2, -0.15) is 0 Å². The molecule has 2 aromatic heterocycles. The Labute approximate surface area is 298 Å². The molecule has 8 heteroatoms. The number of hydrogen-bond donors (Lipinski definition) is 0. The maximum absolute atomic E-state index is 6.33. The number of aromatic nitrogens is 6. The average Bonchev–Trinajstić information content (AvgIpc) is 3.65. The van der Waals surface area contributed by atoms with E-state index in [0.717, 1.165) is 64.0 Å². The molecule has 0 aliphatic carbocycles. The number of anilines is 1. The summed E-state index contributed by atoms with van der Waals surface area (Å²) in [6.45, 7) is 5.65. The Hall–Kier alpha value is -5.66. The molecule has 50 heavy (non-hydrogen) atoms. The average molecular weight is 676 g/mol. The minimum Gasteiger partial charge on any atom is -0.336 e. The lowest BCUT2D eigenvalue weighted by Gasteiger charge is -2.36. The number of hydrogen-bond acceptors (Lipinski definition) is 6. The quantitative estimate of drug-likeness (QED) is 0.0949. The zero-order valence-corrected chi connectivity index (χ0v) is 28.9. The van der Waals surface area contributed by atoms with Gasteiger partial charge in [0, 0.05) is 24.3 Å². The van der Waals surface area contributed by atoms with Crippen LogP contribution in [0.4, 0.5) is 5.95 Å². The third-order valence-corrected chi connectivity index (χ3v) is 9.24.